The van der Waals surface area contributed by atoms with Gasteiger partial charge >= 0.3 is 0 Å². The minimum absolute atomic E-state index is 0.0122. The third kappa shape index (κ3) is 2.47. The van der Waals surface area contributed by atoms with E-state index in [2.05, 4.69) is 21.7 Å². The van der Waals surface area contributed by atoms with Gasteiger partial charge in [0, 0.05) is 17.7 Å². The van der Waals surface area contributed by atoms with Crippen molar-refractivity contribution in [3.63, 3.8) is 0 Å². The van der Waals surface area contributed by atoms with E-state index in [0.717, 1.165) is 29.7 Å². The summed E-state index contributed by atoms with van der Waals surface area (Å²) in [6, 6.07) is 13.4. The first kappa shape index (κ1) is 16.7. The summed E-state index contributed by atoms with van der Waals surface area (Å²) in [6.45, 7) is 0. The van der Waals surface area contributed by atoms with Gasteiger partial charge in [0.2, 0.25) is 0 Å². The van der Waals surface area contributed by atoms with Gasteiger partial charge in [-0.05, 0) is 41.7 Å². The molecule has 0 amide bonds. The molecule has 0 fully saturated rings. The van der Waals surface area contributed by atoms with E-state index in [9.17, 15) is 13.5 Å². The summed E-state index contributed by atoms with van der Waals surface area (Å²) in [4.78, 5) is 4.63. The number of sulfone groups is 1. The van der Waals surface area contributed by atoms with Crippen LogP contribution < -0.4 is 0 Å². The van der Waals surface area contributed by atoms with Gasteiger partial charge < -0.3 is 9.67 Å². The van der Waals surface area contributed by atoms with E-state index >= 15 is 0 Å². The highest BCUT2D eigenvalue weighted by atomic mass is 32.2. The zero-order chi connectivity index (χ0) is 18.8. The minimum Gasteiger partial charge on any atom is -0.388 e. The molecule has 1 aromatic heterocycles. The highest BCUT2D eigenvalue weighted by molar-refractivity contribution is 7.90. The van der Waals surface area contributed by atoms with Gasteiger partial charge in [-0.1, -0.05) is 30.3 Å². The predicted octanol–water partition coefficient (Wildman–Crippen LogP) is 3.15. The number of benzene rings is 2. The molecule has 3 aromatic rings. The maximum absolute atomic E-state index is 11.8. The fourth-order valence-corrected chi connectivity index (χ4v) is 5.34. The number of rotatable bonds is 2. The van der Waals surface area contributed by atoms with Crippen LogP contribution in [0.5, 0.6) is 0 Å². The lowest BCUT2D eigenvalue weighted by Crippen LogP contribution is -2.28. The van der Waals surface area contributed by atoms with Crippen LogP contribution in [0.3, 0.4) is 0 Å². The molecule has 0 radical (unpaired) electrons. The quantitative estimate of drug-likeness (QED) is 0.741. The normalized spacial score (nSPS) is 23.6. The highest BCUT2D eigenvalue weighted by Crippen LogP contribution is 2.49. The van der Waals surface area contributed by atoms with Crippen LogP contribution in [0.25, 0.3) is 11.3 Å². The molecule has 6 heteroatoms. The first-order chi connectivity index (χ1) is 12.9. The number of hydrogen-bond donors (Lipinski definition) is 1. The van der Waals surface area contributed by atoms with E-state index in [1.807, 2.05) is 24.7 Å². The van der Waals surface area contributed by atoms with Gasteiger partial charge in [0.05, 0.1) is 35.3 Å². The van der Waals surface area contributed by atoms with Crippen molar-refractivity contribution >= 4 is 9.84 Å². The summed E-state index contributed by atoms with van der Waals surface area (Å²) in [5.74, 6) is 0.0122. The lowest BCUT2D eigenvalue weighted by atomic mass is 9.76. The van der Waals surface area contributed by atoms with Gasteiger partial charge in [0.15, 0.2) is 9.84 Å². The molecular weight excluding hydrogens is 360 g/mol. The average molecular weight is 380 g/mol. The smallest absolute Gasteiger partial charge is 0.175 e. The Kier molecular flexibility index (Phi) is 3.58. The number of fused-ring (bicyclic) bond motifs is 4. The van der Waals surface area contributed by atoms with Gasteiger partial charge in [0.1, 0.15) is 0 Å². The largest absolute Gasteiger partial charge is 0.388 e. The molecule has 3 atom stereocenters. The van der Waals surface area contributed by atoms with Crippen molar-refractivity contribution in [2.45, 2.75) is 29.9 Å². The molecular formula is C21H20N2O3S. The Labute approximate surface area is 158 Å². The fourth-order valence-electron chi connectivity index (χ4n) is 4.67. The maximum Gasteiger partial charge on any atom is 0.175 e. The number of nitrogens with zero attached hydrogens (tertiary/aromatic N) is 2. The van der Waals surface area contributed by atoms with Crippen molar-refractivity contribution in [1.82, 2.24) is 9.55 Å². The summed E-state index contributed by atoms with van der Waals surface area (Å²) >= 11 is 0. The van der Waals surface area contributed by atoms with Crippen molar-refractivity contribution in [2.24, 2.45) is 5.92 Å². The number of aliphatic hydroxyl groups is 1. The molecule has 2 aromatic carbocycles. The molecule has 1 N–H and O–H groups in total. The molecule has 0 saturated heterocycles. The molecule has 2 heterocycles. The first-order valence-electron chi connectivity index (χ1n) is 9.07. The van der Waals surface area contributed by atoms with Gasteiger partial charge in [-0.3, -0.25) is 0 Å². The summed E-state index contributed by atoms with van der Waals surface area (Å²) in [5, 5.41) is 11.2. The second kappa shape index (κ2) is 5.78. The number of aliphatic hydroxyl groups excluding tert-OH is 1. The molecule has 1 aliphatic carbocycles. The summed E-state index contributed by atoms with van der Waals surface area (Å²) < 4.78 is 25.9. The van der Waals surface area contributed by atoms with Crippen LogP contribution in [-0.4, -0.2) is 29.3 Å². The van der Waals surface area contributed by atoms with Crippen LogP contribution in [0, 0.1) is 5.92 Å². The first-order valence-corrected chi connectivity index (χ1v) is 11.0. The molecule has 27 heavy (non-hydrogen) atoms. The van der Waals surface area contributed by atoms with Gasteiger partial charge in [0.25, 0.3) is 0 Å². The van der Waals surface area contributed by atoms with Crippen molar-refractivity contribution < 1.29 is 13.5 Å². The number of aromatic nitrogens is 2. The number of aryl methyl sites for hydroxylation is 1. The van der Waals surface area contributed by atoms with Crippen molar-refractivity contribution in [3.05, 3.63) is 71.7 Å². The Morgan fingerprint density at radius 1 is 1.15 bits per heavy atom. The van der Waals surface area contributed by atoms with E-state index in [1.54, 1.807) is 18.2 Å². The number of imidazole rings is 1. The third-order valence-electron chi connectivity index (χ3n) is 5.94. The van der Waals surface area contributed by atoms with Gasteiger partial charge in [-0.2, -0.15) is 0 Å². The van der Waals surface area contributed by atoms with Crippen molar-refractivity contribution in [1.29, 1.82) is 0 Å². The Morgan fingerprint density at radius 3 is 2.78 bits per heavy atom. The van der Waals surface area contributed by atoms with Crippen LogP contribution in [0.2, 0.25) is 0 Å². The molecule has 2 aliphatic rings. The lowest BCUT2D eigenvalue weighted by molar-refractivity contribution is 0.0719. The minimum atomic E-state index is -3.25. The Morgan fingerprint density at radius 2 is 1.96 bits per heavy atom. The summed E-state index contributed by atoms with van der Waals surface area (Å²) in [6.07, 6.45) is 5.83. The lowest BCUT2D eigenvalue weighted by Gasteiger charge is -2.35. The predicted molar refractivity (Wildman–Crippen MR) is 102 cm³/mol. The molecule has 0 bridgehead atoms. The van der Waals surface area contributed by atoms with Crippen LogP contribution in [0.4, 0.5) is 0 Å². The zero-order valence-electron chi connectivity index (χ0n) is 14.9. The van der Waals surface area contributed by atoms with Gasteiger partial charge in [-0.15, -0.1) is 0 Å². The summed E-state index contributed by atoms with van der Waals surface area (Å²) in [5.41, 5.74) is 5.24. The van der Waals surface area contributed by atoms with Crippen LogP contribution in [0.1, 0.15) is 35.3 Å². The molecule has 5 rings (SSSR count). The van der Waals surface area contributed by atoms with E-state index in [-0.39, 0.29) is 12.0 Å². The Balaban J connectivity index is 1.57. The highest BCUT2D eigenvalue weighted by Gasteiger charge is 2.40. The monoisotopic (exact) mass is 380 g/mol. The SMILES string of the molecule is CS(=O)(=O)c1ccc2c(c1)CC[C@H](C1c3ccccc3-c3cncn31)[C@H]2O. The van der Waals surface area contributed by atoms with Crippen LogP contribution >= 0.6 is 0 Å². The Bertz CT molecular complexity index is 1150. The van der Waals surface area contributed by atoms with Gasteiger partial charge in [-0.25, -0.2) is 13.4 Å². The van der Waals surface area contributed by atoms with E-state index in [0.29, 0.717) is 4.90 Å². The van der Waals surface area contributed by atoms with Crippen LogP contribution in [-0.2, 0) is 16.3 Å². The fraction of sp³-hybridized carbons (Fsp3) is 0.286. The third-order valence-corrected chi connectivity index (χ3v) is 7.05. The molecule has 1 aliphatic heterocycles. The molecule has 0 spiro atoms. The second-order valence-corrected chi connectivity index (χ2v) is 9.51. The maximum atomic E-state index is 11.8. The molecule has 0 saturated carbocycles. The standard InChI is InChI=1S/C21H20N2O3S/c1-27(25,26)14-7-9-15-13(10-14)6-8-18(21(15)24)20-17-5-3-2-4-16(17)19-11-22-12-23(19)20/h2-5,7,9-12,18,20-21,24H,6,8H2,1H3/t18-,20?,21+/m1/s1. The second-order valence-electron chi connectivity index (χ2n) is 7.50. The van der Waals surface area contributed by atoms with Crippen LogP contribution in [0.15, 0.2) is 59.9 Å². The Hall–Kier alpha value is -2.44. The molecule has 138 valence electrons. The van der Waals surface area contributed by atoms with Crippen molar-refractivity contribution in [2.75, 3.05) is 6.26 Å². The molecule has 5 nitrogen and oxygen atoms in total. The summed E-state index contributed by atoms with van der Waals surface area (Å²) in [7, 11) is -3.25. The van der Waals surface area contributed by atoms with E-state index in [4.69, 9.17) is 0 Å². The van der Waals surface area contributed by atoms with E-state index in [1.165, 1.54) is 17.4 Å². The topological polar surface area (TPSA) is 72.2 Å². The molecule has 1 unspecified atom stereocenters. The zero-order valence-corrected chi connectivity index (χ0v) is 15.7. The average Bonchev–Trinajstić information content (AvgIpc) is 3.22. The number of hydrogen-bond acceptors (Lipinski definition) is 4. The van der Waals surface area contributed by atoms with E-state index < -0.39 is 15.9 Å². The van der Waals surface area contributed by atoms with Crippen molar-refractivity contribution in [3.8, 4) is 11.3 Å².